The first-order valence-corrected chi connectivity index (χ1v) is 11.0. The molecule has 3 rings (SSSR count). The molecule has 2 aromatic carbocycles. The highest BCUT2D eigenvalue weighted by Gasteiger charge is 2.29. The highest BCUT2D eigenvalue weighted by atomic mass is 35.5. The summed E-state index contributed by atoms with van der Waals surface area (Å²) in [5, 5.41) is 3.13. The van der Waals surface area contributed by atoms with Gasteiger partial charge in [0.05, 0.1) is 17.1 Å². The Labute approximate surface area is 175 Å². The van der Waals surface area contributed by atoms with Crippen molar-refractivity contribution in [2.75, 3.05) is 38.0 Å². The van der Waals surface area contributed by atoms with Crippen molar-refractivity contribution < 1.29 is 18.0 Å². The maximum atomic E-state index is 12.7. The average Bonchev–Trinajstić information content (AvgIpc) is 2.68. The van der Waals surface area contributed by atoms with Crippen LogP contribution in [0.1, 0.15) is 17.3 Å². The SMILES string of the molecule is CC(=O)c1ccccc1NC(=O)CN1CCN(S(=O)(=O)c2cccc(Cl)c2)CC1. The third-order valence-corrected chi connectivity index (χ3v) is 6.84. The lowest BCUT2D eigenvalue weighted by atomic mass is 10.1. The maximum Gasteiger partial charge on any atom is 0.243 e. The summed E-state index contributed by atoms with van der Waals surface area (Å²) in [5.74, 6) is -0.370. The summed E-state index contributed by atoms with van der Waals surface area (Å²) >= 11 is 5.91. The second-order valence-electron chi connectivity index (χ2n) is 6.79. The topological polar surface area (TPSA) is 86.8 Å². The second kappa shape index (κ2) is 9.04. The summed E-state index contributed by atoms with van der Waals surface area (Å²) in [4.78, 5) is 26.1. The molecule has 1 amide bonds. The lowest BCUT2D eigenvalue weighted by molar-refractivity contribution is -0.117. The first-order chi connectivity index (χ1) is 13.8. The van der Waals surface area contributed by atoms with Crippen molar-refractivity contribution in [3.05, 3.63) is 59.1 Å². The van der Waals surface area contributed by atoms with Crippen LogP contribution >= 0.6 is 11.6 Å². The fourth-order valence-electron chi connectivity index (χ4n) is 3.20. The molecule has 9 heteroatoms. The van der Waals surface area contributed by atoms with Gasteiger partial charge >= 0.3 is 0 Å². The number of benzene rings is 2. The number of hydrogen-bond acceptors (Lipinski definition) is 5. The van der Waals surface area contributed by atoms with Crippen LogP contribution in [-0.4, -0.2) is 62.0 Å². The zero-order chi connectivity index (χ0) is 21.0. The van der Waals surface area contributed by atoms with E-state index in [-0.39, 0.29) is 36.2 Å². The van der Waals surface area contributed by atoms with Gasteiger partial charge in [-0.05, 0) is 37.3 Å². The van der Waals surface area contributed by atoms with E-state index in [4.69, 9.17) is 11.6 Å². The number of nitrogens with one attached hydrogen (secondary N) is 1. The van der Waals surface area contributed by atoms with Crippen molar-refractivity contribution >= 4 is 39.0 Å². The minimum Gasteiger partial charge on any atom is -0.324 e. The normalized spacial score (nSPS) is 15.8. The Morgan fingerprint density at radius 1 is 1.03 bits per heavy atom. The molecule has 0 radical (unpaired) electrons. The minimum absolute atomic E-state index is 0.122. The van der Waals surface area contributed by atoms with E-state index in [1.807, 2.05) is 4.90 Å². The number of nitrogens with zero attached hydrogens (tertiary/aromatic N) is 2. The molecular weight excluding hydrogens is 414 g/mol. The maximum absolute atomic E-state index is 12.7. The molecule has 0 bridgehead atoms. The van der Waals surface area contributed by atoms with Gasteiger partial charge in [0.2, 0.25) is 15.9 Å². The predicted octanol–water partition coefficient (Wildman–Crippen LogP) is 2.49. The smallest absolute Gasteiger partial charge is 0.243 e. The van der Waals surface area contributed by atoms with E-state index in [9.17, 15) is 18.0 Å². The number of hydrogen-bond donors (Lipinski definition) is 1. The number of halogens is 1. The first-order valence-electron chi connectivity index (χ1n) is 9.15. The van der Waals surface area contributed by atoms with E-state index < -0.39 is 10.0 Å². The lowest BCUT2D eigenvalue weighted by Crippen LogP contribution is -2.50. The molecule has 154 valence electrons. The van der Waals surface area contributed by atoms with Crippen molar-refractivity contribution in [3.63, 3.8) is 0 Å². The van der Waals surface area contributed by atoms with Crippen molar-refractivity contribution in [2.24, 2.45) is 0 Å². The van der Waals surface area contributed by atoms with Crippen LogP contribution in [0.25, 0.3) is 0 Å². The van der Waals surface area contributed by atoms with Crippen LogP contribution < -0.4 is 5.32 Å². The summed E-state index contributed by atoms with van der Waals surface area (Å²) in [7, 11) is -3.62. The van der Waals surface area contributed by atoms with Crippen LogP contribution in [0, 0.1) is 0 Å². The van der Waals surface area contributed by atoms with E-state index >= 15 is 0 Å². The molecule has 7 nitrogen and oxygen atoms in total. The number of para-hydroxylation sites is 1. The molecule has 0 unspecified atom stereocenters. The monoisotopic (exact) mass is 435 g/mol. The van der Waals surface area contributed by atoms with E-state index in [0.29, 0.717) is 29.4 Å². The van der Waals surface area contributed by atoms with Crippen molar-refractivity contribution in [1.82, 2.24) is 9.21 Å². The summed E-state index contributed by atoms with van der Waals surface area (Å²) < 4.78 is 26.9. The van der Waals surface area contributed by atoms with Crippen LogP contribution in [0.2, 0.25) is 5.02 Å². The minimum atomic E-state index is -3.62. The van der Waals surface area contributed by atoms with Gasteiger partial charge in [-0.2, -0.15) is 4.31 Å². The third kappa shape index (κ3) is 5.22. The van der Waals surface area contributed by atoms with Gasteiger partial charge in [0.1, 0.15) is 0 Å². The average molecular weight is 436 g/mol. The summed E-state index contributed by atoms with van der Waals surface area (Å²) in [6, 6.07) is 13.0. The van der Waals surface area contributed by atoms with Crippen LogP contribution in [-0.2, 0) is 14.8 Å². The standard InChI is InChI=1S/C20H22ClN3O4S/c1-15(25)18-7-2-3-8-19(18)22-20(26)14-23-9-11-24(12-10-23)29(27,28)17-6-4-5-16(21)13-17/h2-8,13H,9-12,14H2,1H3,(H,22,26). The number of sulfonamides is 1. The lowest BCUT2D eigenvalue weighted by Gasteiger charge is -2.33. The molecule has 1 heterocycles. The zero-order valence-electron chi connectivity index (χ0n) is 16.0. The number of Topliss-reactive ketones (excluding diaryl/α,β-unsaturated/α-hetero) is 1. The Kier molecular flexibility index (Phi) is 6.69. The molecular formula is C20H22ClN3O4S. The molecule has 1 saturated heterocycles. The van der Waals surface area contributed by atoms with E-state index in [0.717, 1.165) is 0 Å². The van der Waals surface area contributed by atoms with Gasteiger partial charge < -0.3 is 5.32 Å². The number of amides is 1. The Hall–Kier alpha value is -2.26. The highest BCUT2D eigenvalue weighted by Crippen LogP contribution is 2.21. The summed E-state index contributed by atoms with van der Waals surface area (Å²) in [5.41, 5.74) is 0.936. The quantitative estimate of drug-likeness (QED) is 0.704. The number of carbonyl (C=O) groups is 2. The highest BCUT2D eigenvalue weighted by molar-refractivity contribution is 7.89. The molecule has 0 saturated carbocycles. The molecule has 0 atom stereocenters. The molecule has 0 aliphatic carbocycles. The molecule has 1 N–H and O–H groups in total. The van der Waals surface area contributed by atoms with Crippen LogP contribution in [0.15, 0.2) is 53.4 Å². The van der Waals surface area contributed by atoms with Crippen LogP contribution in [0.4, 0.5) is 5.69 Å². The fourth-order valence-corrected chi connectivity index (χ4v) is 4.92. The van der Waals surface area contributed by atoms with Gasteiger partial charge in [-0.25, -0.2) is 8.42 Å². The van der Waals surface area contributed by atoms with Crippen LogP contribution in [0.5, 0.6) is 0 Å². The van der Waals surface area contributed by atoms with Gasteiger partial charge in [-0.1, -0.05) is 29.8 Å². The molecule has 1 aliphatic rings. The number of rotatable bonds is 6. The van der Waals surface area contributed by atoms with Crippen LogP contribution in [0.3, 0.4) is 0 Å². The Balaban J connectivity index is 1.57. The molecule has 0 spiro atoms. The molecule has 1 aliphatic heterocycles. The zero-order valence-corrected chi connectivity index (χ0v) is 17.5. The van der Waals surface area contributed by atoms with Gasteiger partial charge in [-0.3, -0.25) is 14.5 Å². The molecule has 29 heavy (non-hydrogen) atoms. The number of piperazine rings is 1. The number of ketones is 1. The third-order valence-electron chi connectivity index (χ3n) is 4.71. The largest absolute Gasteiger partial charge is 0.324 e. The first kappa shape index (κ1) is 21.4. The Morgan fingerprint density at radius 3 is 2.38 bits per heavy atom. The van der Waals surface area contributed by atoms with Crippen molar-refractivity contribution in [1.29, 1.82) is 0 Å². The Morgan fingerprint density at radius 2 is 1.72 bits per heavy atom. The van der Waals surface area contributed by atoms with E-state index in [2.05, 4.69) is 5.32 Å². The van der Waals surface area contributed by atoms with Gasteiger partial charge in [-0.15, -0.1) is 0 Å². The van der Waals surface area contributed by atoms with Crippen molar-refractivity contribution in [2.45, 2.75) is 11.8 Å². The van der Waals surface area contributed by atoms with E-state index in [1.54, 1.807) is 36.4 Å². The second-order valence-corrected chi connectivity index (χ2v) is 9.16. The van der Waals surface area contributed by atoms with Gasteiger partial charge in [0.15, 0.2) is 5.78 Å². The van der Waals surface area contributed by atoms with Gasteiger partial charge in [0.25, 0.3) is 0 Å². The number of anilines is 1. The fraction of sp³-hybridized carbons (Fsp3) is 0.300. The number of carbonyl (C=O) groups excluding carboxylic acids is 2. The van der Waals surface area contributed by atoms with E-state index in [1.165, 1.54) is 23.4 Å². The Bertz CT molecular complexity index is 1020. The summed E-state index contributed by atoms with van der Waals surface area (Å²) in [6.45, 7) is 3.00. The molecule has 0 aromatic heterocycles. The molecule has 1 fully saturated rings. The predicted molar refractivity (Wildman–Crippen MR) is 112 cm³/mol. The van der Waals surface area contributed by atoms with Gasteiger partial charge in [0, 0.05) is 36.8 Å². The molecule has 2 aromatic rings. The summed E-state index contributed by atoms with van der Waals surface area (Å²) in [6.07, 6.45) is 0. The van der Waals surface area contributed by atoms with Crippen molar-refractivity contribution in [3.8, 4) is 0 Å².